The van der Waals surface area contributed by atoms with Crippen molar-refractivity contribution in [2.24, 2.45) is 11.1 Å². The molecule has 0 amide bonds. The maximum Gasteiger partial charge on any atom is 0.150 e. The van der Waals surface area contributed by atoms with Gasteiger partial charge in [-0.25, -0.2) is 16.8 Å². The topological polar surface area (TPSA) is 94.3 Å². The van der Waals surface area contributed by atoms with Crippen LogP contribution in [0.15, 0.2) is 0 Å². The Morgan fingerprint density at radius 3 is 2.41 bits per heavy atom. The summed E-state index contributed by atoms with van der Waals surface area (Å²) in [5, 5.41) is 0. The molecule has 1 atom stereocenters. The van der Waals surface area contributed by atoms with Crippen LogP contribution in [0, 0.1) is 5.41 Å². The molecular formula is C10H21NO4S2. The summed E-state index contributed by atoms with van der Waals surface area (Å²) >= 11 is 0. The third-order valence-corrected chi connectivity index (χ3v) is 7.17. The smallest absolute Gasteiger partial charge is 0.150 e. The Bertz CT molecular complexity index is 455. The lowest BCUT2D eigenvalue weighted by atomic mass is 9.83. The fraction of sp³-hybridized carbons (Fsp3) is 1.00. The second-order valence-electron chi connectivity index (χ2n) is 4.89. The Morgan fingerprint density at radius 2 is 2.00 bits per heavy atom. The molecule has 17 heavy (non-hydrogen) atoms. The summed E-state index contributed by atoms with van der Waals surface area (Å²) in [6.07, 6.45) is 1.66. The van der Waals surface area contributed by atoms with E-state index in [9.17, 15) is 16.8 Å². The van der Waals surface area contributed by atoms with Crippen LogP contribution >= 0.6 is 0 Å². The summed E-state index contributed by atoms with van der Waals surface area (Å²) in [4.78, 5) is 0. The molecule has 0 saturated carbocycles. The van der Waals surface area contributed by atoms with Gasteiger partial charge in [-0.1, -0.05) is 6.92 Å². The van der Waals surface area contributed by atoms with Gasteiger partial charge in [0.1, 0.15) is 9.84 Å². The zero-order valence-electron chi connectivity index (χ0n) is 10.2. The fourth-order valence-corrected chi connectivity index (χ4v) is 5.36. The van der Waals surface area contributed by atoms with E-state index in [1.54, 1.807) is 6.92 Å². The van der Waals surface area contributed by atoms with Gasteiger partial charge in [0.05, 0.1) is 17.3 Å². The highest BCUT2D eigenvalue weighted by Crippen LogP contribution is 2.35. The lowest BCUT2D eigenvalue weighted by Gasteiger charge is -2.25. The molecule has 0 aromatic heterocycles. The minimum Gasteiger partial charge on any atom is -0.330 e. The highest BCUT2D eigenvalue weighted by atomic mass is 32.2. The van der Waals surface area contributed by atoms with E-state index in [0.717, 1.165) is 0 Å². The van der Waals surface area contributed by atoms with E-state index in [0.29, 0.717) is 25.8 Å². The summed E-state index contributed by atoms with van der Waals surface area (Å²) in [6, 6.07) is 0. The average molecular weight is 283 g/mol. The second kappa shape index (κ2) is 5.24. The summed E-state index contributed by atoms with van der Waals surface area (Å²) in [5.74, 6) is 0.569. The molecule has 0 radical (unpaired) electrons. The van der Waals surface area contributed by atoms with Crippen molar-refractivity contribution in [3.05, 3.63) is 0 Å². The molecule has 0 spiro atoms. The van der Waals surface area contributed by atoms with E-state index in [1.807, 2.05) is 0 Å². The van der Waals surface area contributed by atoms with Crippen molar-refractivity contribution in [3.63, 3.8) is 0 Å². The molecule has 0 aliphatic carbocycles. The van der Waals surface area contributed by atoms with Gasteiger partial charge in [0, 0.05) is 5.75 Å². The predicted molar refractivity (Wildman–Crippen MR) is 68.3 cm³/mol. The minimum absolute atomic E-state index is 0.114. The Hall–Kier alpha value is -0.140. The monoisotopic (exact) mass is 283 g/mol. The molecule has 0 aromatic rings. The first-order valence-corrected chi connectivity index (χ1v) is 9.49. The van der Waals surface area contributed by atoms with Crippen molar-refractivity contribution >= 4 is 19.7 Å². The van der Waals surface area contributed by atoms with Crippen molar-refractivity contribution in [3.8, 4) is 0 Å². The minimum atomic E-state index is -2.97. The second-order valence-corrected chi connectivity index (χ2v) is 9.54. The third kappa shape index (κ3) is 4.22. The first kappa shape index (κ1) is 14.9. The van der Waals surface area contributed by atoms with E-state index >= 15 is 0 Å². The van der Waals surface area contributed by atoms with Crippen LogP contribution in [0.5, 0.6) is 0 Å². The summed E-state index contributed by atoms with van der Waals surface area (Å²) in [5.41, 5.74) is 5.27. The van der Waals surface area contributed by atoms with Gasteiger partial charge in [0.15, 0.2) is 9.84 Å². The van der Waals surface area contributed by atoms with Crippen molar-refractivity contribution in [2.75, 3.05) is 29.6 Å². The molecule has 1 saturated heterocycles. The molecule has 0 bridgehead atoms. The molecule has 0 aromatic carbocycles. The maximum atomic E-state index is 11.4. The molecule has 1 aliphatic rings. The van der Waals surface area contributed by atoms with Gasteiger partial charge >= 0.3 is 0 Å². The average Bonchev–Trinajstić information content (AvgIpc) is 2.55. The molecule has 5 nitrogen and oxygen atoms in total. The summed E-state index contributed by atoms with van der Waals surface area (Å²) in [7, 11) is -5.93. The molecule has 1 fully saturated rings. The Morgan fingerprint density at radius 1 is 1.35 bits per heavy atom. The molecule has 1 heterocycles. The van der Waals surface area contributed by atoms with Crippen molar-refractivity contribution < 1.29 is 16.8 Å². The van der Waals surface area contributed by atoms with E-state index < -0.39 is 19.7 Å². The Labute approximate surface area is 104 Å². The normalized spacial score (nSPS) is 28.4. The lowest BCUT2D eigenvalue weighted by molar-refractivity contribution is 0.315. The van der Waals surface area contributed by atoms with Crippen LogP contribution in [0.4, 0.5) is 0 Å². The first-order valence-electron chi connectivity index (χ1n) is 5.85. The highest BCUT2D eigenvalue weighted by molar-refractivity contribution is 7.91. The SMILES string of the molecule is CCS(=O)(=O)CCCC1(CN)CCS(=O)(=O)C1. The molecule has 7 heteroatoms. The summed E-state index contributed by atoms with van der Waals surface area (Å²) in [6.45, 7) is 1.94. The standard InChI is InChI=1S/C10H21NO4S2/c1-2-16(12,13)6-3-4-10(8-11)5-7-17(14,15)9-10/h2-9,11H2,1H3. The maximum absolute atomic E-state index is 11.4. The number of hydrogen-bond acceptors (Lipinski definition) is 5. The van der Waals surface area contributed by atoms with Crippen molar-refractivity contribution in [2.45, 2.75) is 26.2 Å². The quantitative estimate of drug-likeness (QED) is 0.738. The zero-order chi connectivity index (χ0) is 13.2. The van der Waals surface area contributed by atoms with Crippen molar-refractivity contribution in [1.29, 1.82) is 0 Å². The lowest BCUT2D eigenvalue weighted by Crippen LogP contribution is -2.32. The van der Waals surface area contributed by atoms with Crippen LogP contribution in [-0.2, 0) is 19.7 Å². The van der Waals surface area contributed by atoms with E-state index in [2.05, 4.69) is 0 Å². The highest BCUT2D eigenvalue weighted by Gasteiger charge is 2.40. The molecule has 1 aliphatic heterocycles. The van der Waals surface area contributed by atoms with Gasteiger partial charge in [-0.2, -0.15) is 0 Å². The van der Waals surface area contributed by atoms with E-state index in [4.69, 9.17) is 5.73 Å². The van der Waals surface area contributed by atoms with E-state index in [1.165, 1.54) is 0 Å². The van der Waals surface area contributed by atoms with Gasteiger partial charge in [-0.15, -0.1) is 0 Å². The largest absolute Gasteiger partial charge is 0.330 e. The number of nitrogens with two attached hydrogens (primary N) is 1. The van der Waals surface area contributed by atoms with Crippen LogP contribution in [0.1, 0.15) is 26.2 Å². The van der Waals surface area contributed by atoms with Crippen LogP contribution in [0.25, 0.3) is 0 Å². The van der Waals surface area contributed by atoms with Crippen LogP contribution in [0.2, 0.25) is 0 Å². The number of sulfone groups is 2. The van der Waals surface area contributed by atoms with Gasteiger partial charge in [0.2, 0.25) is 0 Å². The molecule has 102 valence electrons. The van der Waals surface area contributed by atoms with Gasteiger partial charge in [-0.05, 0) is 31.2 Å². The van der Waals surface area contributed by atoms with Crippen molar-refractivity contribution in [1.82, 2.24) is 0 Å². The van der Waals surface area contributed by atoms with Gasteiger partial charge in [0.25, 0.3) is 0 Å². The van der Waals surface area contributed by atoms with Crippen LogP contribution < -0.4 is 5.73 Å². The third-order valence-electron chi connectivity index (χ3n) is 3.50. The molecular weight excluding hydrogens is 262 g/mol. The van der Waals surface area contributed by atoms with Crippen LogP contribution in [0.3, 0.4) is 0 Å². The van der Waals surface area contributed by atoms with E-state index in [-0.39, 0.29) is 28.4 Å². The molecule has 1 unspecified atom stereocenters. The van der Waals surface area contributed by atoms with Crippen LogP contribution in [-0.4, -0.2) is 46.4 Å². The van der Waals surface area contributed by atoms with Gasteiger partial charge < -0.3 is 5.73 Å². The zero-order valence-corrected chi connectivity index (χ0v) is 11.8. The summed E-state index contributed by atoms with van der Waals surface area (Å²) < 4.78 is 45.6. The molecule has 2 N–H and O–H groups in total. The predicted octanol–water partition coefficient (Wildman–Crippen LogP) is -0.0351. The molecule has 1 rings (SSSR count). The number of rotatable bonds is 6. The Balaban J connectivity index is 2.55. The first-order chi connectivity index (χ1) is 7.74. The Kier molecular flexibility index (Phi) is 4.60. The van der Waals surface area contributed by atoms with Gasteiger partial charge in [-0.3, -0.25) is 0 Å². The number of hydrogen-bond donors (Lipinski definition) is 1. The fourth-order valence-electron chi connectivity index (χ4n) is 2.25.